The minimum Gasteiger partial charge on any atom is -0.494 e. The van der Waals surface area contributed by atoms with Crippen molar-refractivity contribution in [1.82, 2.24) is 0 Å². The van der Waals surface area contributed by atoms with E-state index in [1.807, 2.05) is 0 Å². The van der Waals surface area contributed by atoms with E-state index in [-0.39, 0.29) is 5.78 Å². The van der Waals surface area contributed by atoms with E-state index in [1.165, 1.54) is 18.4 Å². The lowest BCUT2D eigenvalue weighted by atomic mass is 9.91. The topological polar surface area (TPSA) is 26.3 Å². The number of benzene rings is 1. The minimum atomic E-state index is 0.277. The molecule has 0 aliphatic carbocycles. The van der Waals surface area contributed by atoms with Crippen LogP contribution in [0.4, 0.5) is 0 Å². The summed E-state index contributed by atoms with van der Waals surface area (Å²) in [5.74, 6) is 1.71. The average molecular weight is 276 g/mol. The van der Waals surface area contributed by atoms with Crippen LogP contribution >= 0.6 is 0 Å². The number of hydrogen-bond acceptors (Lipinski definition) is 2. The van der Waals surface area contributed by atoms with Gasteiger partial charge in [0.05, 0.1) is 6.61 Å². The maximum Gasteiger partial charge on any atom is 0.129 e. The van der Waals surface area contributed by atoms with Gasteiger partial charge in [-0.3, -0.25) is 0 Å². The molecule has 0 bridgehead atoms. The van der Waals surface area contributed by atoms with Gasteiger partial charge in [0, 0.05) is 6.42 Å². The first-order valence-electron chi connectivity index (χ1n) is 7.89. The Morgan fingerprint density at radius 1 is 1.15 bits per heavy atom. The Labute approximate surface area is 123 Å². The van der Waals surface area contributed by atoms with Crippen LogP contribution in [0.2, 0.25) is 0 Å². The zero-order chi connectivity index (χ0) is 14.8. The minimum absolute atomic E-state index is 0.277. The van der Waals surface area contributed by atoms with E-state index in [0.29, 0.717) is 12.3 Å². The summed E-state index contributed by atoms with van der Waals surface area (Å²) in [5.41, 5.74) is 1.31. The number of carbonyl (C=O) groups is 1. The van der Waals surface area contributed by atoms with Gasteiger partial charge >= 0.3 is 0 Å². The second kappa shape index (κ2) is 9.57. The van der Waals surface area contributed by atoms with Crippen LogP contribution in [0, 0.1) is 0 Å². The van der Waals surface area contributed by atoms with Crippen molar-refractivity contribution in [1.29, 1.82) is 0 Å². The number of carbonyl (C=O) groups excluding carboxylic acids is 1. The van der Waals surface area contributed by atoms with Gasteiger partial charge in [0.25, 0.3) is 0 Å². The molecule has 0 spiro atoms. The lowest BCUT2D eigenvalue weighted by Crippen LogP contribution is -2.01. The van der Waals surface area contributed by atoms with Gasteiger partial charge in [0.1, 0.15) is 11.5 Å². The Morgan fingerprint density at radius 3 is 2.40 bits per heavy atom. The number of ether oxygens (including phenoxy) is 1. The zero-order valence-corrected chi connectivity index (χ0v) is 13.2. The van der Waals surface area contributed by atoms with Gasteiger partial charge in [0.2, 0.25) is 0 Å². The van der Waals surface area contributed by atoms with Gasteiger partial charge in [-0.25, -0.2) is 0 Å². The van der Waals surface area contributed by atoms with Crippen molar-refractivity contribution < 1.29 is 9.53 Å². The molecule has 1 unspecified atom stereocenters. The van der Waals surface area contributed by atoms with E-state index in [0.717, 1.165) is 31.6 Å². The second-order valence-corrected chi connectivity index (χ2v) is 5.47. The van der Waals surface area contributed by atoms with Gasteiger partial charge in [0.15, 0.2) is 0 Å². The van der Waals surface area contributed by atoms with E-state index >= 15 is 0 Å². The monoisotopic (exact) mass is 276 g/mol. The average Bonchev–Trinajstić information content (AvgIpc) is 2.45. The van der Waals surface area contributed by atoms with E-state index < -0.39 is 0 Å². The molecule has 20 heavy (non-hydrogen) atoms. The maximum atomic E-state index is 11.1. The summed E-state index contributed by atoms with van der Waals surface area (Å²) in [4.78, 5) is 11.1. The summed E-state index contributed by atoms with van der Waals surface area (Å²) in [5, 5.41) is 0. The van der Waals surface area contributed by atoms with Gasteiger partial charge < -0.3 is 9.53 Å². The molecule has 112 valence electrons. The molecule has 0 radical (unpaired) electrons. The molecule has 0 aliphatic rings. The molecule has 0 saturated carbocycles. The molecule has 1 aromatic carbocycles. The smallest absolute Gasteiger partial charge is 0.129 e. The highest BCUT2D eigenvalue weighted by molar-refractivity contribution is 5.75. The summed E-state index contributed by atoms with van der Waals surface area (Å²) >= 11 is 0. The first-order valence-corrected chi connectivity index (χ1v) is 7.89. The van der Waals surface area contributed by atoms with Crippen LogP contribution in [0.1, 0.15) is 70.8 Å². The molecule has 1 atom stereocenters. The van der Waals surface area contributed by atoms with Crippen LogP contribution in [0.25, 0.3) is 0 Å². The molecule has 0 aromatic heterocycles. The van der Waals surface area contributed by atoms with Crippen LogP contribution in [0.3, 0.4) is 0 Å². The molecule has 0 heterocycles. The summed E-state index contributed by atoms with van der Waals surface area (Å²) in [6.07, 6.45) is 6.26. The van der Waals surface area contributed by atoms with Crippen LogP contribution in [0.15, 0.2) is 24.3 Å². The number of hydrogen-bond donors (Lipinski definition) is 0. The maximum absolute atomic E-state index is 11.1. The van der Waals surface area contributed by atoms with E-state index in [1.54, 1.807) is 6.92 Å². The predicted octanol–water partition coefficient (Wildman–Crippen LogP) is 5.12. The molecule has 1 rings (SSSR count). The SMILES string of the molecule is CCCCCOc1ccc(C(CC)CCC(C)=O)cc1. The highest BCUT2D eigenvalue weighted by Gasteiger charge is 2.10. The van der Waals surface area contributed by atoms with Gasteiger partial charge in [-0.2, -0.15) is 0 Å². The van der Waals surface area contributed by atoms with Crippen molar-refractivity contribution >= 4 is 5.78 Å². The summed E-state index contributed by atoms with van der Waals surface area (Å²) in [7, 11) is 0. The Balaban J connectivity index is 2.48. The summed E-state index contributed by atoms with van der Waals surface area (Å²) in [6, 6.07) is 8.39. The Kier molecular flexibility index (Phi) is 8.01. The molecule has 2 heteroatoms. The lowest BCUT2D eigenvalue weighted by Gasteiger charge is -2.15. The molecular weight excluding hydrogens is 248 g/mol. The first kappa shape index (κ1) is 16.7. The Bertz CT molecular complexity index is 381. The van der Waals surface area contributed by atoms with E-state index in [2.05, 4.69) is 38.1 Å². The van der Waals surface area contributed by atoms with Crippen molar-refractivity contribution in [2.75, 3.05) is 6.61 Å². The number of Topliss-reactive ketones (excluding diaryl/α,β-unsaturated/α-hetero) is 1. The third-order valence-electron chi connectivity index (χ3n) is 3.71. The van der Waals surface area contributed by atoms with Crippen molar-refractivity contribution in [3.63, 3.8) is 0 Å². The molecule has 2 nitrogen and oxygen atoms in total. The van der Waals surface area contributed by atoms with Crippen LogP contribution in [-0.4, -0.2) is 12.4 Å². The fraction of sp³-hybridized carbons (Fsp3) is 0.611. The Morgan fingerprint density at radius 2 is 1.85 bits per heavy atom. The molecule has 0 N–H and O–H groups in total. The molecule has 1 aromatic rings. The van der Waals surface area contributed by atoms with Gasteiger partial charge in [-0.05, 0) is 49.8 Å². The van der Waals surface area contributed by atoms with E-state index in [9.17, 15) is 4.79 Å². The fourth-order valence-corrected chi connectivity index (χ4v) is 2.36. The highest BCUT2D eigenvalue weighted by Crippen LogP contribution is 2.26. The number of ketones is 1. The normalized spacial score (nSPS) is 12.2. The molecular formula is C18H28O2. The quantitative estimate of drug-likeness (QED) is 0.554. The van der Waals surface area contributed by atoms with Crippen molar-refractivity contribution in [3.05, 3.63) is 29.8 Å². The molecule has 0 aliphatic heterocycles. The van der Waals surface area contributed by atoms with E-state index in [4.69, 9.17) is 4.74 Å². The zero-order valence-electron chi connectivity index (χ0n) is 13.2. The second-order valence-electron chi connectivity index (χ2n) is 5.47. The number of unbranched alkanes of at least 4 members (excludes halogenated alkanes) is 2. The molecule has 0 fully saturated rings. The Hall–Kier alpha value is -1.31. The van der Waals surface area contributed by atoms with Crippen LogP contribution in [0.5, 0.6) is 5.75 Å². The van der Waals surface area contributed by atoms with Crippen molar-refractivity contribution in [2.45, 2.75) is 65.2 Å². The molecule has 0 amide bonds. The first-order chi connectivity index (χ1) is 9.67. The standard InChI is InChI=1S/C18H28O2/c1-4-6-7-14-20-18-12-10-17(11-13-18)16(5-2)9-8-15(3)19/h10-13,16H,4-9,14H2,1-3H3. The molecule has 0 saturated heterocycles. The van der Waals surface area contributed by atoms with Gasteiger partial charge in [-0.15, -0.1) is 0 Å². The lowest BCUT2D eigenvalue weighted by molar-refractivity contribution is -0.117. The highest BCUT2D eigenvalue weighted by atomic mass is 16.5. The van der Waals surface area contributed by atoms with Crippen LogP contribution in [-0.2, 0) is 4.79 Å². The summed E-state index contributed by atoms with van der Waals surface area (Å²) < 4.78 is 5.72. The fourth-order valence-electron chi connectivity index (χ4n) is 2.36. The largest absolute Gasteiger partial charge is 0.494 e. The van der Waals surface area contributed by atoms with Crippen molar-refractivity contribution in [2.24, 2.45) is 0 Å². The van der Waals surface area contributed by atoms with Crippen molar-refractivity contribution in [3.8, 4) is 5.75 Å². The van der Waals surface area contributed by atoms with Gasteiger partial charge in [-0.1, -0.05) is 38.8 Å². The summed E-state index contributed by atoms with van der Waals surface area (Å²) in [6.45, 7) is 6.84. The predicted molar refractivity (Wildman–Crippen MR) is 84.4 cm³/mol. The third kappa shape index (κ3) is 6.23. The third-order valence-corrected chi connectivity index (χ3v) is 3.71. The number of rotatable bonds is 10. The van der Waals surface area contributed by atoms with Crippen LogP contribution < -0.4 is 4.74 Å².